The topological polar surface area (TPSA) is 78.9 Å². The van der Waals surface area contributed by atoms with Crippen molar-refractivity contribution in [3.63, 3.8) is 0 Å². The molecule has 0 fully saturated rings. The first-order chi connectivity index (χ1) is 9.67. The molecule has 0 spiro atoms. The number of hydrogen-bond donors (Lipinski definition) is 2. The van der Waals surface area contributed by atoms with Gasteiger partial charge < -0.3 is 14.7 Å². The van der Waals surface area contributed by atoms with E-state index in [1.54, 1.807) is 20.8 Å². The van der Waals surface area contributed by atoms with E-state index in [9.17, 15) is 14.7 Å². The van der Waals surface area contributed by atoms with Crippen LogP contribution in [0, 0.1) is 0 Å². The number of carboxylic acid groups (broad SMARTS) is 1. The van der Waals surface area contributed by atoms with Crippen LogP contribution < -0.4 is 5.32 Å². The standard InChI is InChI=1S/C14H20N2O4S/c1-14(2,3)20-13(19)15-11-10(12(17)18)8-5-6-16(4)7-9(8)21-11/h5-7H2,1-4H3,(H,15,19)(H,17,18). The summed E-state index contributed by atoms with van der Waals surface area (Å²) in [6.07, 6.45) is 0.0527. The number of anilines is 1. The Morgan fingerprint density at radius 2 is 2.05 bits per heavy atom. The summed E-state index contributed by atoms with van der Waals surface area (Å²) in [7, 11) is 1.99. The Labute approximate surface area is 127 Å². The largest absolute Gasteiger partial charge is 0.478 e. The van der Waals surface area contributed by atoms with Crippen LogP contribution in [0.2, 0.25) is 0 Å². The average Bonchev–Trinajstić information content (AvgIpc) is 2.62. The van der Waals surface area contributed by atoms with Gasteiger partial charge in [-0.15, -0.1) is 11.3 Å². The molecule has 2 heterocycles. The molecule has 2 N–H and O–H groups in total. The van der Waals surface area contributed by atoms with Gasteiger partial charge in [0.05, 0.1) is 5.56 Å². The fraction of sp³-hybridized carbons (Fsp3) is 0.571. The zero-order valence-electron chi connectivity index (χ0n) is 12.6. The number of rotatable bonds is 2. The van der Waals surface area contributed by atoms with Gasteiger partial charge in [-0.25, -0.2) is 9.59 Å². The number of likely N-dealkylation sites (N-methyl/N-ethyl adjacent to an activating group) is 1. The van der Waals surface area contributed by atoms with Crippen LogP contribution in [0.1, 0.15) is 41.6 Å². The van der Waals surface area contributed by atoms with E-state index in [4.69, 9.17) is 4.74 Å². The molecule has 0 saturated heterocycles. The number of nitrogens with one attached hydrogen (secondary N) is 1. The highest BCUT2D eigenvalue weighted by molar-refractivity contribution is 7.17. The summed E-state index contributed by atoms with van der Waals surface area (Å²) in [4.78, 5) is 26.5. The fourth-order valence-electron chi connectivity index (χ4n) is 2.24. The molecule has 0 aliphatic carbocycles. The zero-order chi connectivity index (χ0) is 15.8. The van der Waals surface area contributed by atoms with Crippen molar-refractivity contribution in [3.05, 3.63) is 16.0 Å². The molecule has 116 valence electrons. The van der Waals surface area contributed by atoms with Crippen LogP contribution in [0.5, 0.6) is 0 Å². The third-order valence-electron chi connectivity index (χ3n) is 3.08. The normalized spacial score (nSPS) is 15.4. The minimum Gasteiger partial charge on any atom is -0.478 e. The van der Waals surface area contributed by atoms with Crippen LogP contribution in [0.25, 0.3) is 0 Å². The van der Waals surface area contributed by atoms with Crippen LogP contribution >= 0.6 is 11.3 Å². The predicted octanol–water partition coefficient (Wildman–Crippen LogP) is 2.78. The van der Waals surface area contributed by atoms with E-state index in [0.29, 0.717) is 18.0 Å². The molecule has 0 radical (unpaired) electrons. The van der Waals surface area contributed by atoms with Crippen LogP contribution in [0.4, 0.5) is 9.80 Å². The van der Waals surface area contributed by atoms with Crippen molar-refractivity contribution in [2.75, 3.05) is 18.9 Å². The molecular formula is C14H20N2O4S. The first kappa shape index (κ1) is 15.8. The number of nitrogens with zero attached hydrogens (tertiary/aromatic N) is 1. The Kier molecular flexibility index (Phi) is 4.25. The van der Waals surface area contributed by atoms with Crippen molar-refractivity contribution in [2.45, 2.75) is 39.3 Å². The van der Waals surface area contributed by atoms with Crippen molar-refractivity contribution < 1.29 is 19.4 Å². The molecular weight excluding hydrogens is 292 g/mol. The van der Waals surface area contributed by atoms with E-state index in [2.05, 4.69) is 10.2 Å². The molecule has 1 aliphatic heterocycles. The van der Waals surface area contributed by atoms with Crippen LogP contribution in [0.3, 0.4) is 0 Å². The number of carbonyl (C=O) groups excluding carboxylic acids is 1. The lowest BCUT2D eigenvalue weighted by Gasteiger charge is -2.22. The van der Waals surface area contributed by atoms with E-state index in [1.807, 2.05) is 7.05 Å². The number of carbonyl (C=O) groups is 2. The van der Waals surface area contributed by atoms with Crippen molar-refractivity contribution in [3.8, 4) is 0 Å². The van der Waals surface area contributed by atoms with Crippen LogP contribution in [-0.4, -0.2) is 41.3 Å². The van der Waals surface area contributed by atoms with Crippen molar-refractivity contribution in [2.24, 2.45) is 0 Å². The summed E-state index contributed by atoms with van der Waals surface area (Å²) < 4.78 is 5.18. The van der Waals surface area contributed by atoms with E-state index in [1.165, 1.54) is 11.3 Å². The molecule has 21 heavy (non-hydrogen) atoms. The Hall–Kier alpha value is -1.60. The molecule has 0 bridgehead atoms. The molecule has 0 saturated carbocycles. The first-order valence-corrected chi connectivity index (χ1v) is 7.55. The number of amides is 1. The van der Waals surface area contributed by atoms with Gasteiger partial charge in [-0.2, -0.15) is 0 Å². The first-order valence-electron chi connectivity index (χ1n) is 6.74. The van der Waals surface area contributed by atoms with Crippen LogP contribution in [-0.2, 0) is 17.7 Å². The van der Waals surface area contributed by atoms with E-state index < -0.39 is 17.7 Å². The number of thiophene rings is 1. The maximum atomic E-state index is 11.9. The van der Waals surface area contributed by atoms with Crippen molar-refractivity contribution in [1.82, 2.24) is 4.90 Å². The van der Waals surface area contributed by atoms with Gasteiger partial charge in [-0.05, 0) is 39.8 Å². The van der Waals surface area contributed by atoms with Crippen LogP contribution in [0.15, 0.2) is 0 Å². The fourth-order valence-corrected chi connectivity index (χ4v) is 3.55. The Morgan fingerprint density at radius 3 is 2.62 bits per heavy atom. The van der Waals surface area contributed by atoms with Gasteiger partial charge in [-0.1, -0.05) is 0 Å². The van der Waals surface area contributed by atoms with Gasteiger partial charge in [0.15, 0.2) is 0 Å². The highest BCUT2D eigenvalue weighted by atomic mass is 32.1. The lowest BCUT2D eigenvalue weighted by molar-refractivity contribution is 0.0636. The molecule has 0 atom stereocenters. The predicted molar refractivity (Wildman–Crippen MR) is 81.2 cm³/mol. The van der Waals surface area contributed by atoms with Gasteiger partial charge in [0.1, 0.15) is 10.6 Å². The quantitative estimate of drug-likeness (QED) is 0.878. The van der Waals surface area contributed by atoms with Crippen molar-refractivity contribution >= 4 is 28.4 Å². The van der Waals surface area contributed by atoms with Crippen molar-refractivity contribution in [1.29, 1.82) is 0 Å². The minimum absolute atomic E-state index is 0.203. The number of aromatic carboxylic acids is 1. The Morgan fingerprint density at radius 1 is 1.38 bits per heavy atom. The molecule has 7 heteroatoms. The van der Waals surface area contributed by atoms with E-state index >= 15 is 0 Å². The molecule has 1 aromatic rings. The van der Waals surface area contributed by atoms with E-state index in [-0.39, 0.29) is 5.56 Å². The summed E-state index contributed by atoms with van der Waals surface area (Å²) in [5.41, 5.74) is 0.413. The maximum absolute atomic E-state index is 11.9. The highest BCUT2D eigenvalue weighted by Crippen LogP contribution is 2.37. The molecule has 2 rings (SSSR count). The monoisotopic (exact) mass is 312 g/mol. The molecule has 0 unspecified atom stereocenters. The van der Waals surface area contributed by atoms with Gasteiger partial charge in [0.2, 0.25) is 0 Å². The summed E-state index contributed by atoms with van der Waals surface area (Å²) >= 11 is 1.31. The summed E-state index contributed by atoms with van der Waals surface area (Å²) in [5, 5.41) is 12.4. The lowest BCUT2D eigenvalue weighted by atomic mass is 10.0. The summed E-state index contributed by atoms with van der Waals surface area (Å²) in [5.74, 6) is -1.01. The number of fused-ring (bicyclic) bond motifs is 1. The molecule has 6 nitrogen and oxygen atoms in total. The van der Waals surface area contributed by atoms with Gasteiger partial charge in [-0.3, -0.25) is 5.32 Å². The Bertz CT molecular complexity index is 574. The van der Waals surface area contributed by atoms with Gasteiger partial charge in [0.25, 0.3) is 0 Å². The third-order valence-corrected chi connectivity index (χ3v) is 4.21. The minimum atomic E-state index is -1.01. The van der Waals surface area contributed by atoms with Gasteiger partial charge in [0, 0.05) is 18.0 Å². The second-order valence-corrected chi connectivity index (χ2v) is 7.23. The average molecular weight is 312 g/mol. The summed E-state index contributed by atoms with van der Waals surface area (Å²) in [6.45, 7) is 6.81. The SMILES string of the molecule is CN1CCc2c(sc(NC(=O)OC(C)(C)C)c2C(=O)O)C1. The molecule has 1 amide bonds. The lowest BCUT2D eigenvalue weighted by Crippen LogP contribution is -2.27. The summed E-state index contributed by atoms with van der Waals surface area (Å²) in [6, 6.07) is 0. The smallest absolute Gasteiger partial charge is 0.412 e. The number of hydrogen-bond acceptors (Lipinski definition) is 5. The molecule has 1 aliphatic rings. The second kappa shape index (κ2) is 5.65. The second-order valence-electron chi connectivity index (χ2n) is 6.13. The number of ether oxygens (including phenoxy) is 1. The Balaban J connectivity index is 2.27. The maximum Gasteiger partial charge on any atom is 0.412 e. The molecule has 1 aromatic heterocycles. The van der Waals surface area contributed by atoms with E-state index in [0.717, 1.165) is 17.0 Å². The third kappa shape index (κ3) is 3.74. The molecule has 0 aromatic carbocycles. The van der Waals surface area contributed by atoms with Gasteiger partial charge >= 0.3 is 12.1 Å². The highest BCUT2D eigenvalue weighted by Gasteiger charge is 2.28. The number of carboxylic acids is 1. The zero-order valence-corrected chi connectivity index (χ0v) is 13.5.